The highest BCUT2D eigenvalue weighted by atomic mass is 35.5. The minimum absolute atomic E-state index is 0.0496. The first-order valence-electron chi connectivity index (χ1n) is 9.72. The third-order valence-electron chi connectivity index (χ3n) is 4.51. The van der Waals surface area contributed by atoms with Crippen molar-refractivity contribution in [1.29, 1.82) is 0 Å². The number of nitrogens with zero attached hydrogens (tertiary/aromatic N) is 1. The van der Waals surface area contributed by atoms with Crippen LogP contribution in [0.25, 0.3) is 0 Å². The summed E-state index contributed by atoms with van der Waals surface area (Å²) in [7, 11) is 0. The number of carboxylic acids is 2. The van der Waals surface area contributed by atoms with E-state index in [1.807, 2.05) is 18.2 Å². The topological polar surface area (TPSA) is 87.1 Å². The fourth-order valence-corrected chi connectivity index (χ4v) is 3.19. The van der Waals surface area contributed by atoms with Gasteiger partial charge in [-0.05, 0) is 68.9 Å². The number of hydrogen-bond acceptors (Lipinski definition) is 4. The summed E-state index contributed by atoms with van der Waals surface area (Å²) in [5.41, 5.74) is 1.24. The van der Waals surface area contributed by atoms with Gasteiger partial charge in [0, 0.05) is 10.6 Å². The van der Waals surface area contributed by atoms with Gasteiger partial charge in [-0.25, -0.2) is 9.59 Å². The van der Waals surface area contributed by atoms with Crippen LogP contribution in [0, 0.1) is 0 Å². The summed E-state index contributed by atoms with van der Waals surface area (Å²) in [5.74, 6) is -2.67. The molecule has 7 heteroatoms. The molecular weight excluding hydrogens is 382 g/mol. The van der Waals surface area contributed by atoms with Crippen LogP contribution in [0.2, 0.25) is 5.02 Å². The second-order valence-corrected chi connectivity index (χ2v) is 8.40. The fourth-order valence-electron chi connectivity index (χ4n) is 3.02. The molecule has 1 fully saturated rings. The van der Waals surface area contributed by atoms with Crippen molar-refractivity contribution in [3.05, 3.63) is 28.8 Å². The van der Waals surface area contributed by atoms with Crippen LogP contribution in [-0.2, 0) is 15.0 Å². The maximum Gasteiger partial charge on any atom is 0.414 e. The molecule has 0 aromatic heterocycles. The lowest BCUT2D eigenvalue weighted by Gasteiger charge is -2.26. The molecule has 1 aliphatic heterocycles. The summed E-state index contributed by atoms with van der Waals surface area (Å²) < 4.78 is 6.03. The molecule has 0 atom stereocenters. The SMILES string of the molecule is CC(C)(C)c1cc(Cl)ccc1OCCCCN1CCCCC1.O=C(O)C(=O)O. The molecule has 158 valence electrons. The normalized spacial score (nSPS) is 14.7. The summed E-state index contributed by atoms with van der Waals surface area (Å²) in [6.07, 6.45) is 6.49. The second-order valence-electron chi connectivity index (χ2n) is 7.96. The second kappa shape index (κ2) is 11.9. The lowest BCUT2D eigenvalue weighted by molar-refractivity contribution is -0.159. The average molecular weight is 414 g/mol. The summed E-state index contributed by atoms with van der Waals surface area (Å²) in [4.78, 5) is 20.8. The Bertz CT molecular complexity index is 624. The maximum absolute atomic E-state index is 9.10. The van der Waals surface area contributed by atoms with Crippen LogP contribution in [0.5, 0.6) is 5.75 Å². The van der Waals surface area contributed by atoms with Crippen molar-refractivity contribution >= 4 is 23.5 Å². The van der Waals surface area contributed by atoms with Gasteiger partial charge in [-0.15, -0.1) is 0 Å². The summed E-state index contributed by atoms with van der Waals surface area (Å²) in [5, 5.41) is 15.6. The lowest BCUT2D eigenvalue weighted by Crippen LogP contribution is -2.30. The Labute approximate surface area is 172 Å². The van der Waals surface area contributed by atoms with E-state index in [4.69, 9.17) is 36.1 Å². The molecule has 28 heavy (non-hydrogen) atoms. The molecular formula is C21H32ClNO5. The van der Waals surface area contributed by atoms with E-state index in [1.165, 1.54) is 50.9 Å². The number of likely N-dealkylation sites (tertiary alicyclic amines) is 1. The van der Waals surface area contributed by atoms with Crippen LogP contribution in [0.3, 0.4) is 0 Å². The van der Waals surface area contributed by atoms with Gasteiger partial charge in [-0.2, -0.15) is 0 Å². The zero-order valence-corrected chi connectivity index (χ0v) is 17.8. The van der Waals surface area contributed by atoms with Crippen LogP contribution in [0.1, 0.15) is 58.4 Å². The number of ether oxygens (including phenoxy) is 1. The number of halogens is 1. The van der Waals surface area contributed by atoms with Gasteiger partial charge in [0.1, 0.15) is 5.75 Å². The zero-order valence-electron chi connectivity index (χ0n) is 17.0. The van der Waals surface area contributed by atoms with E-state index < -0.39 is 11.9 Å². The third kappa shape index (κ3) is 9.42. The first-order valence-corrected chi connectivity index (χ1v) is 10.1. The van der Waals surface area contributed by atoms with E-state index in [1.54, 1.807) is 0 Å². The Morgan fingerprint density at radius 1 is 1.07 bits per heavy atom. The van der Waals surface area contributed by atoms with Gasteiger partial charge in [0.25, 0.3) is 0 Å². The summed E-state index contributed by atoms with van der Waals surface area (Å²) in [6.45, 7) is 11.2. The van der Waals surface area contributed by atoms with Gasteiger partial charge in [0.15, 0.2) is 0 Å². The molecule has 0 aliphatic carbocycles. The Balaban J connectivity index is 0.000000568. The fraction of sp³-hybridized carbons (Fsp3) is 0.619. The molecule has 0 amide bonds. The highest BCUT2D eigenvalue weighted by molar-refractivity contribution is 6.30. The van der Waals surface area contributed by atoms with Crippen molar-refractivity contribution in [3.8, 4) is 5.75 Å². The predicted molar refractivity (Wildman–Crippen MR) is 110 cm³/mol. The van der Waals surface area contributed by atoms with Crippen molar-refractivity contribution in [2.24, 2.45) is 0 Å². The molecule has 1 aromatic carbocycles. The minimum atomic E-state index is -1.82. The molecule has 2 rings (SSSR count). The molecule has 1 saturated heterocycles. The van der Waals surface area contributed by atoms with Crippen molar-refractivity contribution in [2.45, 2.75) is 58.3 Å². The number of aliphatic carboxylic acids is 2. The number of hydrogen-bond donors (Lipinski definition) is 2. The Kier molecular flexibility index (Phi) is 10.3. The van der Waals surface area contributed by atoms with Crippen molar-refractivity contribution in [2.75, 3.05) is 26.2 Å². The van der Waals surface area contributed by atoms with Gasteiger partial charge < -0.3 is 19.8 Å². The Morgan fingerprint density at radius 2 is 1.68 bits per heavy atom. The average Bonchev–Trinajstić information content (AvgIpc) is 2.63. The molecule has 2 N–H and O–H groups in total. The molecule has 1 heterocycles. The number of benzene rings is 1. The van der Waals surface area contributed by atoms with Gasteiger partial charge in [-0.3, -0.25) is 0 Å². The van der Waals surface area contributed by atoms with Crippen molar-refractivity contribution in [3.63, 3.8) is 0 Å². The first kappa shape index (κ1) is 24.2. The van der Waals surface area contributed by atoms with E-state index in [-0.39, 0.29) is 5.41 Å². The molecule has 0 spiro atoms. The summed E-state index contributed by atoms with van der Waals surface area (Å²) in [6, 6.07) is 5.96. The van der Waals surface area contributed by atoms with Gasteiger partial charge in [0.05, 0.1) is 6.61 Å². The van der Waals surface area contributed by atoms with E-state index in [2.05, 4.69) is 25.7 Å². The first-order chi connectivity index (χ1) is 13.1. The van der Waals surface area contributed by atoms with Crippen LogP contribution >= 0.6 is 11.6 Å². The third-order valence-corrected chi connectivity index (χ3v) is 4.74. The van der Waals surface area contributed by atoms with E-state index >= 15 is 0 Å². The largest absolute Gasteiger partial charge is 0.493 e. The number of carbonyl (C=O) groups is 2. The quantitative estimate of drug-likeness (QED) is 0.529. The van der Waals surface area contributed by atoms with Crippen LogP contribution in [0.15, 0.2) is 18.2 Å². The van der Waals surface area contributed by atoms with Crippen molar-refractivity contribution < 1.29 is 24.5 Å². The van der Waals surface area contributed by atoms with Gasteiger partial charge in [0.2, 0.25) is 0 Å². The lowest BCUT2D eigenvalue weighted by atomic mass is 9.86. The highest BCUT2D eigenvalue weighted by Crippen LogP contribution is 2.33. The van der Waals surface area contributed by atoms with Gasteiger partial charge >= 0.3 is 11.9 Å². The highest BCUT2D eigenvalue weighted by Gasteiger charge is 2.19. The molecule has 1 aromatic rings. The summed E-state index contributed by atoms with van der Waals surface area (Å²) >= 11 is 6.13. The van der Waals surface area contributed by atoms with E-state index in [0.717, 1.165) is 23.8 Å². The smallest absolute Gasteiger partial charge is 0.414 e. The molecule has 0 saturated carbocycles. The molecule has 6 nitrogen and oxygen atoms in total. The van der Waals surface area contributed by atoms with Crippen LogP contribution in [0.4, 0.5) is 0 Å². The maximum atomic E-state index is 9.10. The number of unbranched alkanes of at least 4 members (excludes halogenated alkanes) is 1. The van der Waals surface area contributed by atoms with Crippen molar-refractivity contribution in [1.82, 2.24) is 4.90 Å². The Morgan fingerprint density at radius 3 is 2.21 bits per heavy atom. The van der Waals surface area contributed by atoms with E-state index in [9.17, 15) is 0 Å². The number of carboxylic acid groups (broad SMARTS) is 2. The predicted octanol–water partition coefficient (Wildman–Crippen LogP) is 4.44. The Hall–Kier alpha value is -1.79. The zero-order chi connectivity index (χ0) is 21.2. The van der Waals surface area contributed by atoms with Crippen LogP contribution in [-0.4, -0.2) is 53.3 Å². The molecule has 0 bridgehead atoms. The van der Waals surface area contributed by atoms with Gasteiger partial charge in [-0.1, -0.05) is 38.8 Å². The monoisotopic (exact) mass is 413 g/mol. The molecule has 0 radical (unpaired) electrons. The number of rotatable bonds is 6. The minimum Gasteiger partial charge on any atom is -0.493 e. The van der Waals surface area contributed by atoms with E-state index in [0.29, 0.717) is 0 Å². The molecule has 1 aliphatic rings. The standard InChI is InChI=1S/C19H30ClNO.C2H2O4/c1-19(2,3)17-15-16(20)9-10-18(17)22-14-8-7-13-21-11-5-4-6-12-21;3-1(4)2(5)6/h9-10,15H,4-8,11-14H2,1-3H3;(H,3,4)(H,5,6). The van der Waals surface area contributed by atoms with Crippen LogP contribution < -0.4 is 4.74 Å². The molecule has 0 unspecified atom stereocenters. The number of piperidine rings is 1.